The first-order valence-corrected chi connectivity index (χ1v) is 20.1. The van der Waals surface area contributed by atoms with Gasteiger partial charge in [0.05, 0.1) is 30.3 Å². The summed E-state index contributed by atoms with van der Waals surface area (Å²) in [4.78, 5) is 11.7. The van der Waals surface area contributed by atoms with E-state index in [0.29, 0.717) is 45.3 Å². The van der Waals surface area contributed by atoms with Crippen LogP contribution in [0.2, 0.25) is 0 Å². The second-order valence-electron chi connectivity index (χ2n) is 13.8. The van der Waals surface area contributed by atoms with Gasteiger partial charge in [-0.15, -0.1) is 0 Å². The molecule has 0 spiro atoms. The number of hydrogen-bond donors (Lipinski definition) is 0. The Morgan fingerprint density at radius 3 is 2.36 bits per heavy atom. The first kappa shape index (κ1) is 40.7. The standard InChI is InChI=1S/C39H57ClO9S/c1-28-17-21-31(22-18-28)50(42,43)49-36-27-35(48-39-16-10-12-26-46-39)33(32(36)13-7-5-6-8-14-37(41)44-4)23-24-34(29(2)19-20-30(3)40)47-38-15-9-11-25-45-38/h5,7,17-18,20-24,29,32-36,38-39H,6,8-16,19,25-27H2,1-4H3/t29?,32-,33-,34-,35-,36+,38?,39?/m1/s1. The molecule has 2 aliphatic heterocycles. The predicted molar refractivity (Wildman–Crippen MR) is 194 cm³/mol. The third-order valence-electron chi connectivity index (χ3n) is 9.75. The molecular weight excluding hydrogens is 680 g/mol. The maximum absolute atomic E-state index is 13.6. The highest BCUT2D eigenvalue weighted by atomic mass is 35.5. The summed E-state index contributed by atoms with van der Waals surface area (Å²) in [5.74, 6) is -0.534. The van der Waals surface area contributed by atoms with E-state index in [9.17, 15) is 13.2 Å². The van der Waals surface area contributed by atoms with E-state index in [1.165, 1.54) is 7.11 Å². The van der Waals surface area contributed by atoms with Gasteiger partial charge in [0.2, 0.25) is 0 Å². The number of esters is 1. The van der Waals surface area contributed by atoms with Gasteiger partial charge in [0.25, 0.3) is 10.1 Å². The number of hydrogen-bond acceptors (Lipinski definition) is 9. The quantitative estimate of drug-likeness (QED) is 0.0634. The van der Waals surface area contributed by atoms with Gasteiger partial charge in [-0.1, -0.05) is 66.6 Å². The number of aryl methyl sites for hydroxylation is 1. The lowest BCUT2D eigenvalue weighted by molar-refractivity contribution is -0.193. The van der Waals surface area contributed by atoms with Crippen LogP contribution >= 0.6 is 11.6 Å². The summed E-state index contributed by atoms with van der Waals surface area (Å²) < 4.78 is 63.3. The number of benzene rings is 1. The van der Waals surface area contributed by atoms with Crippen LogP contribution in [0.1, 0.15) is 96.5 Å². The smallest absolute Gasteiger partial charge is 0.305 e. The second kappa shape index (κ2) is 20.9. The van der Waals surface area contributed by atoms with Crippen LogP contribution in [0.4, 0.5) is 0 Å². The molecule has 8 atom stereocenters. The third-order valence-corrected chi connectivity index (χ3v) is 11.3. The highest BCUT2D eigenvalue weighted by Crippen LogP contribution is 2.42. The largest absolute Gasteiger partial charge is 0.469 e. The minimum Gasteiger partial charge on any atom is -0.469 e. The molecule has 2 saturated heterocycles. The van der Waals surface area contributed by atoms with Crippen molar-refractivity contribution in [3.63, 3.8) is 0 Å². The molecular formula is C39H57ClO9S. The highest BCUT2D eigenvalue weighted by Gasteiger charge is 2.46. The first-order chi connectivity index (χ1) is 24.1. The third kappa shape index (κ3) is 13.2. The zero-order valence-electron chi connectivity index (χ0n) is 30.2. The molecule has 0 bridgehead atoms. The molecule has 50 heavy (non-hydrogen) atoms. The molecule has 3 fully saturated rings. The molecule has 3 aliphatic rings. The topological polar surface area (TPSA) is 107 Å². The fourth-order valence-corrected chi connectivity index (χ4v) is 7.99. The summed E-state index contributed by atoms with van der Waals surface area (Å²) >= 11 is 6.21. The Labute approximate surface area is 304 Å². The number of halogens is 1. The van der Waals surface area contributed by atoms with E-state index in [4.69, 9.17) is 39.5 Å². The average Bonchev–Trinajstić information content (AvgIpc) is 3.41. The van der Waals surface area contributed by atoms with Gasteiger partial charge in [0, 0.05) is 37.0 Å². The zero-order chi connectivity index (χ0) is 35.9. The monoisotopic (exact) mass is 736 g/mol. The Morgan fingerprint density at radius 1 is 1.02 bits per heavy atom. The number of allylic oxidation sites excluding steroid dienone is 4. The lowest BCUT2D eigenvalue weighted by Crippen LogP contribution is -2.32. The van der Waals surface area contributed by atoms with Crippen molar-refractivity contribution in [3.05, 3.63) is 65.2 Å². The van der Waals surface area contributed by atoms with Crippen molar-refractivity contribution in [2.45, 2.75) is 134 Å². The minimum absolute atomic E-state index is 0.107. The summed E-state index contributed by atoms with van der Waals surface area (Å²) in [6.07, 6.45) is 17.6. The van der Waals surface area contributed by atoms with Crippen LogP contribution in [0.5, 0.6) is 0 Å². The molecule has 11 heteroatoms. The second-order valence-corrected chi connectivity index (χ2v) is 16.0. The Kier molecular flexibility index (Phi) is 17.0. The summed E-state index contributed by atoms with van der Waals surface area (Å²) in [7, 11) is -2.66. The molecule has 3 unspecified atom stereocenters. The van der Waals surface area contributed by atoms with Crippen molar-refractivity contribution in [2.24, 2.45) is 17.8 Å². The van der Waals surface area contributed by atoms with E-state index in [-0.39, 0.29) is 53.4 Å². The molecule has 0 N–H and O–H groups in total. The fraction of sp³-hybridized carbons (Fsp3) is 0.667. The number of rotatable bonds is 18. The van der Waals surface area contributed by atoms with Crippen LogP contribution in [0, 0.1) is 24.7 Å². The Hall–Kier alpha value is -2.05. The van der Waals surface area contributed by atoms with Gasteiger partial charge in [-0.2, -0.15) is 8.42 Å². The molecule has 0 radical (unpaired) electrons. The van der Waals surface area contributed by atoms with Crippen LogP contribution in [-0.4, -0.2) is 65.6 Å². The lowest BCUT2D eigenvalue weighted by atomic mass is 9.88. The molecule has 0 amide bonds. The van der Waals surface area contributed by atoms with Crippen molar-refractivity contribution in [1.29, 1.82) is 0 Å². The molecule has 4 rings (SSSR count). The number of carbonyl (C=O) groups excluding carboxylic acids is 1. The van der Waals surface area contributed by atoms with Gasteiger partial charge in [0.15, 0.2) is 12.6 Å². The molecule has 1 saturated carbocycles. The average molecular weight is 737 g/mol. The van der Waals surface area contributed by atoms with Gasteiger partial charge >= 0.3 is 5.97 Å². The van der Waals surface area contributed by atoms with E-state index < -0.39 is 16.2 Å². The predicted octanol–water partition coefficient (Wildman–Crippen LogP) is 8.54. The number of carbonyl (C=O) groups is 1. The van der Waals surface area contributed by atoms with Crippen molar-refractivity contribution < 1.29 is 41.1 Å². The Balaban J connectivity index is 1.63. The molecule has 1 aromatic rings. The summed E-state index contributed by atoms with van der Waals surface area (Å²) in [6, 6.07) is 6.72. The van der Waals surface area contributed by atoms with E-state index in [2.05, 4.69) is 25.2 Å². The maximum atomic E-state index is 13.6. The van der Waals surface area contributed by atoms with E-state index >= 15 is 0 Å². The Bertz CT molecular complexity index is 1360. The van der Waals surface area contributed by atoms with Crippen LogP contribution in [0.3, 0.4) is 0 Å². The normalized spacial score (nSPS) is 27.9. The number of unbranched alkanes of at least 4 members (excludes halogenated alkanes) is 1. The van der Waals surface area contributed by atoms with Crippen LogP contribution in [0.25, 0.3) is 0 Å². The molecule has 280 valence electrons. The summed E-state index contributed by atoms with van der Waals surface area (Å²) in [5, 5.41) is 0.735. The van der Waals surface area contributed by atoms with Crippen LogP contribution in [-0.2, 0) is 42.8 Å². The van der Waals surface area contributed by atoms with Gasteiger partial charge in [-0.05, 0) is 102 Å². The van der Waals surface area contributed by atoms with Gasteiger partial charge in [-0.25, -0.2) is 0 Å². The van der Waals surface area contributed by atoms with E-state index in [1.54, 1.807) is 24.3 Å². The first-order valence-electron chi connectivity index (χ1n) is 18.3. The van der Waals surface area contributed by atoms with Crippen LogP contribution in [0.15, 0.2) is 64.6 Å². The van der Waals surface area contributed by atoms with E-state index in [1.807, 2.05) is 26.0 Å². The molecule has 0 aromatic heterocycles. The zero-order valence-corrected chi connectivity index (χ0v) is 31.7. The molecule has 9 nitrogen and oxygen atoms in total. The lowest BCUT2D eigenvalue weighted by Gasteiger charge is -2.31. The summed E-state index contributed by atoms with van der Waals surface area (Å²) in [5.41, 5.74) is 0.965. The maximum Gasteiger partial charge on any atom is 0.305 e. The number of ether oxygens (including phenoxy) is 5. The molecule has 2 heterocycles. The van der Waals surface area contributed by atoms with Gasteiger partial charge < -0.3 is 23.7 Å². The highest BCUT2D eigenvalue weighted by molar-refractivity contribution is 7.86. The molecule has 1 aliphatic carbocycles. The van der Waals surface area contributed by atoms with Crippen molar-refractivity contribution in [3.8, 4) is 0 Å². The Morgan fingerprint density at radius 2 is 1.72 bits per heavy atom. The SMILES string of the molecule is COC(=O)CCCC=CC[C@@H]1[C@@H](C=C[C@@H](OC2CCCCO2)C(C)CC=C(C)Cl)[C@H](OC2CCCCO2)C[C@@H]1OS(=O)(=O)c1ccc(C)cc1. The van der Waals surface area contributed by atoms with Gasteiger partial charge in [0.1, 0.15) is 0 Å². The minimum atomic E-state index is -4.05. The molecule has 1 aromatic carbocycles. The van der Waals surface area contributed by atoms with Crippen LogP contribution < -0.4 is 0 Å². The van der Waals surface area contributed by atoms with Crippen molar-refractivity contribution in [1.82, 2.24) is 0 Å². The fourth-order valence-electron chi connectivity index (χ4n) is 6.77. The van der Waals surface area contributed by atoms with Crippen molar-refractivity contribution >= 4 is 27.7 Å². The summed E-state index contributed by atoms with van der Waals surface area (Å²) in [6.45, 7) is 7.25. The van der Waals surface area contributed by atoms with E-state index in [0.717, 1.165) is 55.5 Å². The van der Waals surface area contributed by atoms with Gasteiger partial charge in [-0.3, -0.25) is 8.98 Å². The number of methoxy groups -OCH3 is 1. The van der Waals surface area contributed by atoms with Crippen molar-refractivity contribution in [2.75, 3.05) is 20.3 Å².